The van der Waals surface area contributed by atoms with Crippen LogP contribution >= 0.6 is 0 Å². The van der Waals surface area contributed by atoms with Crippen molar-refractivity contribution in [2.45, 2.75) is 13.8 Å². The summed E-state index contributed by atoms with van der Waals surface area (Å²) in [4.78, 5) is 0. The lowest BCUT2D eigenvalue weighted by Gasteiger charge is -2.16. The van der Waals surface area contributed by atoms with E-state index >= 15 is 0 Å². The summed E-state index contributed by atoms with van der Waals surface area (Å²) in [5.74, 6) is 0. The summed E-state index contributed by atoms with van der Waals surface area (Å²) in [6, 6.07) is 45.9. The molecule has 0 bridgehead atoms. The Kier molecular flexibility index (Phi) is 4.15. The zero-order chi connectivity index (χ0) is 27.7. The molecule has 0 N–H and O–H groups in total. The first-order valence-electron chi connectivity index (χ1n) is 14.9. The Morgan fingerprint density at radius 1 is 0.310 bits per heavy atom. The molecular weight excluding hydrogens is 504 g/mol. The van der Waals surface area contributed by atoms with E-state index in [4.69, 9.17) is 0 Å². The van der Waals surface area contributed by atoms with Gasteiger partial charge in [-0.25, -0.2) is 0 Å². The van der Waals surface area contributed by atoms with Crippen LogP contribution in [0, 0.1) is 13.8 Å². The van der Waals surface area contributed by atoms with Crippen molar-refractivity contribution >= 4 is 86.2 Å². The average molecular weight is 531 g/mol. The molecule has 0 nitrogen and oxygen atoms in total. The third-order valence-corrected chi connectivity index (χ3v) is 9.98. The highest BCUT2D eigenvalue weighted by Crippen LogP contribution is 2.48. The van der Waals surface area contributed by atoms with Gasteiger partial charge in [-0.1, -0.05) is 103 Å². The van der Waals surface area contributed by atoms with E-state index < -0.39 is 0 Å². The molecule has 194 valence electrons. The summed E-state index contributed by atoms with van der Waals surface area (Å²) in [5, 5.41) is 21.6. The molecule has 0 unspecified atom stereocenters. The number of hydrogen-bond donors (Lipinski definition) is 0. The molecular formula is C42H26. The Labute approximate surface area is 243 Å². The van der Waals surface area contributed by atoms with Crippen LogP contribution in [-0.4, -0.2) is 0 Å². The van der Waals surface area contributed by atoms with Crippen LogP contribution in [0.1, 0.15) is 11.1 Å². The van der Waals surface area contributed by atoms with Gasteiger partial charge in [0.2, 0.25) is 0 Å². The molecule has 0 aliphatic carbocycles. The molecule has 0 aliphatic heterocycles. The Balaban J connectivity index is 1.46. The highest BCUT2D eigenvalue weighted by Gasteiger charge is 2.21. The van der Waals surface area contributed by atoms with Crippen LogP contribution < -0.4 is 0 Å². The van der Waals surface area contributed by atoms with Crippen LogP contribution in [0.2, 0.25) is 0 Å². The summed E-state index contributed by atoms with van der Waals surface area (Å²) in [6.07, 6.45) is 0. The van der Waals surface area contributed by atoms with Gasteiger partial charge in [-0.2, -0.15) is 0 Å². The third kappa shape index (κ3) is 2.68. The van der Waals surface area contributed by atoms with Gasteiger partial charge in [0.15, 0.2) is 0 Å². The van der Waals surface area contributed by atoms with E-state index in [1.165, 1.54) is 108 Å². The highest BCUT2D eigenvalue weighted by molar-refractivity contribution is 6.39. The average Bonchev–Trinajstić information content (AvgIpc) is 3.51. The van der Waals surface area contributed by atoms with E-state index in [1.807, 2.05) is 0 Å². The molecule has 0 fully saturated rings. The maximum atomic E-state index is 2.49. The molecule has 0 saturated heterocycles. The summed E-state index contributed by atoms with van der Waals surface area (Å²) in [7, 11) is 0. The standard InChI is InChI=1S/C42H26/c1-23-8-5-9-24(2)39(23)33-19-18-31-27-12-3-4-13-28(27)38-22-36-32(41(33)42(31)38)17-16-26-20-35-29-14-6-10-25-11-7-15-30(40(25)29)37(35)21-34(26)36/h3-22H,1-2H3. The SMILES string of the molecule is Cc1cccc(C)c1-c1ccc2c3ccccc3c3cc4c5cc6c(cc5ccc4c1c23)c1cccc2cccc6c21. The van der Waals surface area contributed by atoms with Crippen molar-refractivity contribution in [2.75, 3.05) is 0 Å². The minimum absolute atomic E-state index is 1.30. The predicted molar refractivity (Wildman–Crippen MR) is 184 cm³/mol. The molecule has 0 aliphatic rings. The number of fused-ring (bicyclic) bond motifs is 10. The van der Waals surface area contributed by atoms with Gasteiger partial charge in [-0.3, -0.25) is 0 Å². The maximum Gasteiger partial charge on any atom is -0.00137 e. The van der Waals surface area contributed by atoms with Gasteiger partial charge >= 0.3 is 0 Å². The van der Waals surface area contributed by atoms with Gasteiger partial charge in [0.05, 0.1) is 0 Å². The van der Waals surface area contributed by atoms with Crippen LogP contribution in [0.3, 0.4) is 0 Å². The second kappa shape index (κ2) is 7.75. The van der Waals surface area contributed by atoms with Crippen molar-refractivity contribution in [2.24, 2.45) is 0 Å². The van der Waals surface area contributed by atoms with Crippen LogP contribution in [0.5, 0.6) is 0 Å². The van der Waals surface area contributed by atoms with Crippen LogP contribution in [0.4, 0.5) is 0 Å². The van der Waals surface area contributed by atoms with Crippen molar-refractivity contribution in [3.63, 3.8) is 0 Å². The molecule has 0 saturated carbocycles. The van der Waals surface area contributed by atoms with Crippen molar-refractivity contribution in [3.8, 4) is 11.1 Å². The fraction of sp³-hybridized carbons (Fsp3) is 0.0476. The first-order chi connectivity index (χ1) is 20.7. The second-order valence-corrected chi connectivity index (χ2v) is 12.1. The van der Waals surface area contributed by atoms with E-state index in [-0.39, 0.29) is 0 Å². The first kappa shape index (κ1) is 22.5. The Morgan fingerprint density at radius 2 is 0.857 bits per heavy atom. The van der Waals surface area contributed by atoms with Crippen molar-refractivity contribution in [1.82, 2.24) is 0 Å². The molecule has 0 heteroatoms. The largest absolute Gasteiger partial charge is 0.0617 e. The number of hydrogen-bond acceptors (Lipinski definition) is 0. The monoisotopic (exact) mass is 530 g/mol. The molecule has 0 aromatic heterocycles. The molecule has 0 amide bonds. The van der Waals surface area contributed by atoms with Crippen LogP contribution in [0.25, 0.3) is 97.3 Å². The first-order valence-corrected chi connectivity index (χ1v) is 14.9. The van der Waals surface area contributed by atoms with Crippen LogP contribution in [0.15, 0.2) is 121 Å². The molecule has 10 rings (SSSR count). The molecule has 0 heterocycles. The van der Waals surface area contributed by atoms with Gasteiger partial charge < -0.3 is 0 Å². The summed E-state index contributed by atoms with van der Waals surface area (Å²) < 4.78 is 0. The molecule has 10 aromatic rings. The topological polar surface area (TPSA) is 0 Å². The number of rotatable bonds is 1. The molecule has 10 aromatic carbocycles. The van der Waals surface area contributed by atoms with E-state index in [1.54, 1.807) is 0 Å². The van der Waals surface area contributed by atoms with E-state index in [0.29, 0.717) is 0 Å². The van der Waals surface area contributed by atoms with Crippen molar-refractivity contribution in [3.05, 3.63) is 132 Å². The van der Waals surface area contributed by atoms with Gasteiger partial charge in [0.1, 0.15) is 0 Å². The Bertz CT molecular complexity index is 2720. The lowest BCUT2D eigenvalue weighted by Crippen LogP contribution is -1.91. The quantitative estimate of drug-likeness (QED) is 0.185. The molecule has 0 radical (unpaired) electrons. The normalized spacial score (nSPS) is 12.5. The fourth-order valence-electron chi connectivity index (χ4n) is 8.22. The van der Waals surface area contributed by atoms with E-state index in [2.05, 4.69) is 135 Å². The highest BCUT2D eigenvalue weighted by atomic mass is 14.2. The van der Waals surface area contributed by atoms with Gasteiger partial charge in [-0.05, 0) is 140 Å². The van der Waals surface area contributed by atoms with E-state index in [9.17, 15) is 0 Å². The summed E-state index contributed by atoms with van der Waals surface area (Å²) in [6.45, 7) is 4.50. The third-order valence-electron chi connectivity index (χ3n) is 9.98. The number of benzene rings is 8. The van der Waals surface area contributed by atoms with Gasteiger partial charge in [0, 0.05) is 0 Å². The zero-order valence-corrected chi connectivity index (χ0v) is 23.5. The minimum Gasteiger partial charge on any atom is -0.0617 e. The zero-order valence-electron chi connectivity index (χ0n) is 23.5. The second-order valence-electron chi connectivity index (χ2n) is 12.1. The Morgan fingerprint density at radius 3 is 1.62 bits per heavy atom. The summed E-state index contributed by atoms with van der Waals surface area (Å²) in [5.41, 5.74) is 5.34. The van der Waals surface area contributed by atoms with Gasteiger partial charge in [-0.15, -0.1) is 0 Å². The van der Waals surface area contributed by atoms with E-state index in [0.717, 1.165) is 0 Å². The fourth-order valence-corrected chi connectivity index (χ4v) is 8.22. The lowest BCUT2D eigenvalue weighted by molar-refractivity contribution is 1.39. The number of aryl methyl sites for hydroxylation is 2. The lowest BCUT2D eigenvalue weighted by atomic mass is 9.87. The van der Waals surface area contributed by atoms with Crippen molar-refractivity contribution < 1.29 is 0 Å². The van der Waals surface area contributed by atoms with Crippen LogP contribution in [-0.2, 0) is 0 Å². The Hall–Kier alpha value is -5.20. The summed E-state index contributed by atoms with van der Waals surface area (Å²) >= 11 is 0. The maximum absolute atomic E-state index is 2.49. The predicted octanol–water partition coefficient (Wildman–Crippen LogP) is 12.1. The minimum atomic E-state index is 1.30. The van der Waals surface area contributed by atoms with Gasteiger partial charge in [0.25, 0.3) is 0 Å². The molecule has 0 spiro atoms. The molecule has 0 atom stereocenters. The molecule has 42 heavy (non-hydrogen) atoms. The smallest absolute Gasteiger partial charge is 0.00137 e. The van der Waals surface area contributed by atoms with Crippen molar-refractivity contribution in [1.29, 1.82) is 0 Å².